The summed E-state index contributed by atoms with van der Waals surface area (Å²) in [4.78, 5) is 0. The summed E-state index contributed by atoms with van der Waals surface area (Å²) in [5.74, 6) is -0.141. The van der Waals surface area contributed by atoms with Crippen molar-refractivity contribution in [3.8, 4) is 0 Å². The molecule has 1 nitrogen and oxygen atoms in total. The van der Waals surface area contributed by atoms with Gasteiger partial charge in [0.25, 0.3) is 0 Å². The predicted molar refractivity (Wildman–Crippen MR) is 85.9 cm³/mol. The van der Waals surface area contributed by atoms with Crippen LogP contribution < -0.4 is 5.32 Å². The zero-order chi connectivity index (χ0) is 14.7. The molecule has 0 saturated heterocycles. The van der Waals surface area contributed by atoms with Gasteiger partial charge in [-0.25, -0.2) is 4.39 Å². The first-order valence-corrected chi connectivity index (χ1v) is 7.18. The fourth-order valence-corrected chi connectivity index (χ4v) is 2.81. The first-order valence-electron chi connectivity index (χ1n) is 7.18. The molecule has 3 aromatic carbocycles. The minimum absolute atomic E-state index is 0.0907. The van der Waals surface area contributed by atoms with Crippen molar-refractivity contribution in [1.82, 2.24) is 5.32 Å². The highest BCUT2D eigenvalue weighted by atomic mass is 19.1. The highest BCUT2D eigenvalue weighted by Crippen LogP contribution is 2.27. The first-order chi connectivity index (χ1) is 10.3. The highest BCUT2D eigenvalue weighted by Gasteiger charge is 2.14. The summed E-state index contributed by atoms with van der Waals surface area (Å²) in [7, 11) is 1.92. The number of halogens is 1. The van der Waals surface area contributed by atoms with Crippen LogP contribution in [0, 0.1) is 5.82 Å². The smallest absolute Gasteiger partial charge is 0.126 e. The molecule has 0 bridgehead atoms. The average Bonchev–Trinajstić information content (AvgIpc) is 2.54. The van der Waals surface area contributed by atoms with E-state index >= 15 is 0 Å². The second kappa shape index (κ2) is 6.06. The van der Waals surface area contributed by atoms with E-state index in [4.69, 9.17) is 0 Å². The Balaban J connectivity index is 2.01. The molecule has 0 saturated carbocycles. The third-order valence-corrected chi connectivity index (χ3v) is 3.93. The molecule has 0 spiro atoms. The van der Waals surface area contributed by atoms with Gasteiger partial charge >= 0.3 is 0 Å². The van der Waals surface area contributed by atoms with E-state index in [2.05, 4.69) is 35.6 Å². The quantitative estimate of drug-likeness (QED) is 0.742. The third kappa shape index (κ3) is 2.81. The van der Waals surface area contributed by atoms with Crippen molar-refractivity contribution >= 4 is 10.8 Å². The molecule has 3 rings (SSSR count). The van der Waals surface area contributed by atoms with E-state index in [0.717, 1.165) is 5.56 Å². The van der Waals surface area contributed by atoms with Crippen LogP contribution in [-0.2, 0) is 6.42 Å². The van der Waals surface area contributed by atoms with E-state index in [0.29, 0.717) is 6.42 Å². The molecule has 1 atom stereocenters. The minimum Gasteiger partial charge on any atom is -0.313 e. The Morgan fingerprint density at radius 2 is 1.62 bits per heavy atom. The van der Waals surface area contributed by atoms with Gasteiger partial charge in [-0.15, -0.1) is 0 Å². The van der Waals surface area contributed by atoms with Gasteiger partial charge in [-0.1, -0.05) is 60.7 Å². The number of likely N-dealkylation sites (N-methyl/N-ethyl adjacent to an activating group) is 1. The van der Waals surface area contributed by atoms with Crippen molar-refractivity contribution < 1.29 is 4.39 Å². The Labute approximate surface area is 124 Å². The summed E-state index contributed by atoms with van der Waals surface area (Å²) in [6.07, 6.45) is 0.636. The van der Waals surface area contributed by atoms with E-state index in [-0.39, 0.29) is 11.9 Å². The van der Waals surface area contributed by atoms with Crippen LogP contribution in [0.5, 0.6) is 0 Å². The van der Waals surface area contributed by atoms with Crippen LogP contribution in [-0.4, -0.2) is 7.05 Å². The summed E-state index contributed by atoms with van der Waals surface area (Å²) < 4.78 is 13.9. The molecular formula is C19H18FN. The number of fused-ring (bicyclic) bond motifs is 1. The number of rotatable bonds is 4. The lowest BCUT2D eigenvalue weighted by Crippen LogP contribution is -2.19. The van der Waals surface area contributed by atoms with Crippen LogP contribution in [0.4, 0.5) is 4.39 Å². The largest absolute Gasteiger partial charge is 0.313 e. The van der Waals surface area contributed by atoms with Crippen molar-refractivity contribution in [1.29, 1.82) is 0 Å². The molecule has 106 valence electrons. The Morgan fingerprint density at radius 3 is 2.43 bits per heavy atom. The van der Waals surface area contributed by atoms with Crippen molar-refractivity contribution in [3.05, 3.63) is 83.7 Å². The first kappa shape index (κ1) is 13.8. The molecule has 0 aromatic heterocycles. The van der Waals surface area contributed by atoms with Crippen molar-refractivity contribution in [2.24, 2.45) is 0 Å². The molecule has 0 amide bonds. The summed E-state index contributed by atoms with van der Waals surface area (Å²) in [6.45, 7) is 0. The normalized spacial score (nSPS) is 12.5. The number of hydrogen-bond donors (Lipinski definition) is 1. The Morgan fingerprint density at radius 1 is 0.905 bits per heavy atom. The molecule has 21 heavy (non-hydrogen) atoms. The topological polar surface area (TPSA) is 12.0 Å². The highest BCUT2D eigenvalue weighted by molar-refractivity contribution is 5.86. The molecule has 2 heteroatoms. The maximum Gasteiger partial charge on any atom is 0.126 e. The molecule has 0 aliphatic rings. The molecule has 0 aliphatic heterocycles. The van der Waals surface area contributed by atoms with Crippen LogP contribution >= 0.6 is 0 Å². The lowest BCUT2D eigenvalue weighted by Gasteiger charge is -2.19. The van der Waals surface area contributed by atoms with Gasteiger partial charge in [-0.05, 0) is 41.4 Å². The molecule has 0 heterocycles. The number of benzene rings is 3. The van der Waals surface area contributed by atoms with Gasteiger partial charge in [-0.3, -0.25) is 0 Å². The fourth-order valence-electron chi connectivity index (χ4n) is 2.81. The van der Waals surface area contributed by atoms with Gasteiger partial charge in [0.05, 0.1) is 0 Å². The van der Waals surface area contributed by atoms with E-state index in [1.165, 1.54) is 22.4 Å². The van der Waals surface area contributed by atoms with Crippen LogP contribution in [0.15, 0.2) is 66.7 Å². The maximum atomic E-state index is 13.9. The average molecular weight is 279 g/mol. The summed E-state index contributed by atoms with van der Waals surface area (Å²) in [5, 5.41) is 5.75. The van der Waals surface area contributed by atoms with Gasteiger partial charge in [0.15, 0.2) is 0 Å². The van der Waals surface area contributed by atoms with E-state index in [1.54, 1.807) is 6.07 Å². The van der Waals surface area contributed by atoms with Gasteiger partial charge in [0.1, 0.15) is 5.82 Å². The minimum atomic E-state index is -0.141. The summed E-state index contributed by atoms with van der Waals surface area (Å²) in [5.41, 5.74) is 1.95. The second-order valence-electron chi connectivity index (χ2n) is 5.21. The third-order valence-electron chi connectivity index (χ3n) is 3.93. The monoisotopic (exact) mass is 279 g/mol. The maximum absolute atomic E-state index is 13.9. The van der Waals surface area contributed by atoms with Crippen LogP contribution in [0.3, 0.4) is 0 Å². The molecular weight excluding hydrogens is 261 g/mol. The van der Waals surface area contributed by atoms with Crippen LogP contribution in [0.2, 0.25) is 0 Å². The van der Waals surface area contributed by atoms with E-state index in [9.17, 15) is 4.39 Å². The lowest BCUT2D eigenvalue weighted by atomic mass is 9.94. The molecule has 0 aliphatic carbocycles. The predicted octanol–water partition coefficient (Wildman–Crippen LogP) is 4.48. The Bertz CT molecular complexity index is 746. The summed E-state index contributed by atoms with van der Waals surface area (Å²) >= 11 is 0. The van der Waals surface area contributed by atoms with E-state index < -0.39 is 0 Å². The molecule has 0 radical (unpaired) electrons. The standard InChI is InChI=1S/C19H18FN/c1-21-19(13-15-8-3-5-12-18(15)20)17-11-6-9-14-7-2-4-10-16(14)17/h2-12,19,21H,13H2,1H3. The van der Waals surface area contributed by atoms with Crippen molar-refractivity contribution in [3.63, 3.8) is 0 Å². The molecule has 1 unspecified atom stereocenters. The van der Waals surface area contributed by atoms with Crippen molar-refractivity contribution in [2.75, 3.05) is 7.05 Å². The summed E-state index contributed by atoms with van der Waals surface area (Å²) in [6, 6.07) is 21.7. The van der Waals surface area contributed by atoms with Gasteiger partial charge in [0.2, 0.25) is 0 Å². The molecule has 3 aromatic rings. The van der Waals surface area contributed by atoms with E-state index in [1.807, 2.05) is 31.3 Å². The zero-order valence-corrected chi connectivity index (χ0v) is 12.0. The number of nitrogens with one attached hydrogen (secondary N) is 1. The zero-order valence-electron chi connectivity index (χ0n) is 12.0. The fraction of sp³-hybridized carbons (Fsp3) is 0.158. The lowest BCUT2D eigenvalue weighted by molar-refractivity contribution is 0.557. The van der Waals surface area contributed by atoms with Gasteiger partial charge in [-0.2, -0.15) is 0 Å². The van der Waals surface area contributed by atoms with Gasteiger partial charge in [0, 0.05) is 6.04 Å². The second-order valence-corrected chi connectivity index (χ2v) is 5.21. The van der Waals surface area contributed by atoms with Crippen LogP contribution in [0.25, 0.3) is 10.8 Å². The van der Waals surface area contributed by atoms with Gasteiger partial charge < -0.3 is 5.32 Å². The van der Waals surface area contributed by atoms with Crippen molar-refractivity contribution in [2.45, 2.75) is 12.5 Å². The molecule has 0 fully saturated rings. The number of hydrogen-bond acceptors (Lipinski definition) is 1. The van der Waals surface area contributed by atoms with Crippen LogP contribution in [0.1, 0.15) is 17.2 Å². The Hall–Kier alpha value is -2.19. The Kier molecular flexibility index (Phi) is 3.98. The SMILES string of the molecule is CNC(Cc1ccccc1F)c1cccc2ccccc12. The molecule has 1 N–H and O–H groups in total.